The highest BCUT2D eigenvalue weighted by molar-refractivity contribution is 9.10. The highest BCUT2D eigenvalue weighted by Crippen LogP contribution is 2.23. The molecule has 0 bridgehead atoms. The molecule has 0 radical (unpaired) electrons. The zero-order chi connectivity index (χ0) is 24.6. The number of anilines is 1. The van der Waals surface area contributed by atoms with E-state index in [0.29, 0.717) is 22.5 Å². The number of amides is 2. The molecule has 33 heavy (non-hydrogen) atoms. The quantitative estimate of drug-likeness (QED) is 0.473. The van der Waals surface area contributed by atoms with Gasteiger partial charge >= 0.3 is 0 Å². The van der Waals surface area contributed by atoms with Crippen molar-refractivity contribution in [2.24, 2.45) is 0 Å². The first-order valence-corrected chi connectivity index (χ1v) is 13.1. The number of nitrogens with zero attached hydrogens (tertiary/aromatic N) is 2. The topological polar surface area (TPSA) is 96.0 Å². The number of halogens is 1. The van der Waals surface area contributed by atoms with Crippen LogP contribution in [0.25, 0.3) is 0 Å². The van der Waals surface area contributed by atoms with Gasteiger partial charge in [0, 0.05) is 17.6 Å². The molecule has 2 aromatic carbocycles. The Morgan fingerprint density at radius 1 is 1.15 bits per heavy atom. The second-order valence-electron chi connectivity index (χ2n) is 7.59. The number of hydrogen-bond donors (Lipinski definition) is 1. The van der Waals surface area contributed by atoms with Gasteiger partial charge in [0.1, 0.15) is 18.3 Å². The van der Waals surface area contributed by atoms with Gasteiger partial charge in [-0.15, -0.1) is 0 Å². The Hall–Kier alpha value is -2.59. The fourth-order valence-corrected chi connectivity index (χ4v) is 4.42. The van der Waals surface area contributed by atoms with Gasteiger partial charge in [0.15, 0.2) is 0 Å². The minimum absolute atomic E-state index is 0.118. The van der Waals surface area contributed by atoms with Gasteiger partial charge in [-0.2, -0.15) is 0 Å². The monoisotopic (exact) mass is 539 g/mol. The maximum atomic E-state index is 13.4. The molecule has 0 aliphatic rings. The normalized spacial score (nSPS) is 12.0. The van der Waals surface area contributed by atoms with Crippen molar-refractivity contribution in [3.05, 3.63) is 58.6 Å². The summed E-state index contributed by atoms with van der Waals surface area (Å²) in [4.78, 5) is 27.5. The number of sulfonamides is 1. The largest absolute Gasteiger partial charge is 0.497 e. The number of ether oxygens (including phenoxy) is 1. The molecular formula is C23H30BrN3O5S. The third-order valence-electron chi connectivity index (χ3n) is 4.98. The Morgan fingerprint density at radius 2 is 1.85 bits per heavy atom. The molecule has 10 heteroatoms. The summed E-state index contributed by atoms with van der Waals surface area (Å²) < 4.78 is 32.0. The van der Waals surface area contributed by atoms with Crippen molar-refractivity contribution >= 4 is 43.5 Å². The molecule has 0 aromatic heterocycles. The van der Waals surface area contributed by atoms with Crippen LogP contribution in [0.5, 0.6) is 5.75 Å². The van der Waals surface area contributed by atoms with Gasteiger partial charge in [-0.25, -0.2) is 8.42 Å². The number of carbonyl (C=O) groups excluding carboxylic acids is 2. The van der Waals surface area contributed by atoms with E-state index in [0.717, 1.165) is 22.5 Å². The zero-order valence-corrected chi connectivity index (χ0v) is 21.6. The molecular weight excluding hydrogens is 510 g/mol. The molecule has 0 saturated heterocycles. The van der Waals surface area contributed by atoms with Crippen molar-refractivity contribution in [2.45, 2.75) is 32.9 Å². The smallest absolute Gasteiger partial charge is 0.244 e. The van der Waals surface area contributed by atoms with E-state index in [1.807, 2.05) is 13.0 Å². The summed E-state index contributed by atoms with van der Waals surface area (Å²) >= 11 is 3.33. The lowest BCUT2D eigenvalue weighted by Gasteiger charge is -2.31. The van der Waals surface area contributed by atoms with Crippen molar-refractivity contribution in [1.29, 1.82) is 0 Å². The van der Waals surface area contributed by atoms with Gasteiger partial charge in [0.2, 0.25) is 21.8 Å². The SMILES string of the molecule is CCCNC(=O)[C@H](C)N(Cc1cccc(OC)c1)C(=O)CN(c1cccc(Br)c1)S(C)(=O)=O. The molecule has 1 N–H and O–H groups in total. The first kappa shape index (κ1) is 26.7. The van der Waals surface area contributed by atoms with Crippen LogP contribution in [0.15, 0.2) is 53.0 Å². The minimum Gasteiger partial charge on any atom is -0.497 e. The van der Waals surface area contributed by atoms with E-state index < -0.39 is 28.5 Å². The molecule has 0 saturated carbocycles. The maximum Gasteiger partial charge on any atom is 0.244 e. The van der Waals surface area contributed by atoms with E-state index in [9.17, 15) is 18.0 Å². The van der Waals surface area contributed by atoms with Crippen LogP contribution >= 0.6 is 15.9 Å². The lowest BCUT2D eigenvalue weighted by atomic mass is 10.1. The van der Waals surface area contributed by atoms with E-state index in [1.165, 1.54) is 4.90 Å². The van der Waals surface area contributed by atoms with E-state index in [2.05, 4.69) is 21.2 Å². The average Bonchev–Trinajstić information content (AvgIpc) is 2.78. The van der Waals surface area contributed by atoms with Crippen LogP contribution in [0.4, 0.5) is 5.69 Å². The zero-order valence-electron chi connectivity index (χ0n) is 19.2. The predicted molar refractivity (Wildman–Crippen MR) is 133 cm³/mol. The molecule has 0 spiro atoms. The summed E-state index contributed by atoms with van der Waals surface area (Å²) in [5.74, 6) is -0.182. The third kappa shape index (κ3) is 7.75. The highest BCUT2D eigenvalue weighted by atomic mass is 79.9. The lowest BCUT2D eigenvalue weighted by molar-refractivity contribution is -0.139. The Bertz CT molecular complexity index is 1080. The molecule has 0 unspecified atom stereocenters. The van der Waals surface area contributed by atoms with Gasteiger partial charge in [0.05, 0.1) is 19.1 Å². The Morgan fingerprint density at radius 3 is 2.45 bits per heavy atom. The van der Waals surface area contributed by atoms with Crippen molar-refractivity contribution < 1.29 is 22.7 Å². The van der Waals surface area contributed by atoms with Crippen LogP contribution in [0.2, 0.25) is 0 Å². The number of nitrogens with one attached hydrogen (secondary N) is 1. The van der Waals surface area contributed by atoms with Crippen LogP contribution in [0.1, 0.15) is 25.8 Å². The maximum absolute atomic E-state index is 13.4. The van der Waals surface area contributed by atoms with Gasteiger partial charge in [-0.1, -0.05) is 41.1 Å². The first-order valence-electron chi connectivity index (χ1n) is 10.5. The molecule has 0 aliphatic heterocycles. The Labute approximate surface area is 204 Å². The van der Waals surface area contributed by atoms with Gasteiger partial charge in [-0.3, -0.25) is 13.9 Å². The molecule has 1 atom stereocenters. The standard InChI is InChI=1S/C23H30BrN3O5S/c1-5-12-25-23(29)17(2)26(15-18-8-6-11-21(13-18)32-3)22(28)16-27(33(4,30)31)20-10-7-9-19(24)14-20/h6-11,13-14,17H,5,12,15-16H2,1-4H3,(H,25,29)/t17-/m0/s1. The number of rotatable bonds is 11. The number of benzene rings is 2. The van der Waals surface area contributed by atoms with Gasteiger partial charge < -0.3 is 15.0 Å². The molecule has 8 nitrogen and oxygen atoms in total. The number of methoxy groups -OCH3 is 1. The van der Waals surface area contributed by atoms with Crippen LogP contribution in [0, 0.1) is 0 Å². The minimum atomic E-state index is -3.76. The summed E-state index contributed by atoms with van der Waals surface area (Å²) in [5, 5.41) is 2.80. The van der Waals surface area contributed by atoms with Crippen molar-refractivity contribution in [1.82, 2.24) is 10.2 Å². The Balaban J connectivity index is 2.38. The third-order valence-corrected chi connectivity index (χ3v) is 6.61. The van der Waals surface area contributed by atoms with E-state index in [4.69, 9.17) is 4.74 Å². The summed E-state index contributed by atoms with van der Waals surface area (Å²) in [6.07, 6.45) is 1.80. The summed E-state index contributed by atoms with van der Waals surface area (Å²) in [6.45, 7) is 3.73. The average molecular weight is 540 g/mol. The van der Waals surface area contributed by atoms with Crippen molar-refractivity contribution in [2.75, 3.05) is 30.8 Å². The molecule has 2 aromatic rings. The molecule has 0 aliphatic carbocycles. The summed E-state index contributed by atoms with van der Waals surface area (Å²) in [6, 6.07) is 13.1. The molecule has 2 amide bonds. The first-order chi connectivity index (χ1) is 15.6. The van der Waals surface area contributed by atoms with E-state index in [1.54, 1.807) is 56.5 Å². The number of carbonyl (C=O) groups is 2. The summed E-state index contributed by atoms with van der Waals surface area (Å²) in [7, 11) is -2.22. The molecule has 2 rings (SSSR count). The second-order valence-corrected chi connectivity index (χ2v) is 10.4. The molecule has 0 fully saturated rings. The summed E-state index contributed by atoms with van der Waals surface area (Å²) in [5.41, 5.74) is 1.11. The number of hydrogen-bond acceptors (Lipinski definition) is 5. The lowest BCUT2D eigenvalue weighted by Crippen LogP contribution is -2.51. The highest BCUT2D eigenvalue weighted by Gasteiger charge is 2.30. The predicted octanol–water partition coefficient (Wildman–Crippen LogP) is 3.17. The fourth-order valence-electron chi connectivity index (χ4n) is 3.19. The second kappa shape index (κ2) is 12.0. The van der Waals surface area contributed by atoms with E-state index >= 15 is 0 Å². The van der Waals surface area contributed by atoms with Crippen LogP contribution in [-0.2, 0) is 26.2 Å². The van der Waals surface area contributed by atoms with Crippen molar-refractivity contribution in [3.8, 4) is 5.75 Å². The van der Waals surface area contributed by atoms with Gasteiger partial charge in [-0.05, 0) is 49.2 Å². The molecule has 0 heterocycles. The Kier molecular flexibility index (Phi) is 9.72. The van der Waals surface area contributed by atoms with Gasteiger partial charge in [0.25, 0.3) is 0 Å². The fraction of sp³-hybridized carbons (Fsp3) is 0.391. The molecule has 180 valence electrons. The van der Waals surface area contributed by atoms with E-state index in [-0.39, 0.29) is 12.5 Å². The van der Waals surface area contributed by atoms with Crippen LogP contribution in [0.3, 0.4) is 0 Å². The van der Waals surface area contributed by atoms with Crippen LogP contribution in [-0.4, -0.2) is 57.6 Å². The van der Waals surface area contributed by atoms with Crippen molar-refractivity contribution in [3.63, 3.8) is 0 Å². The van der Waals surface area contributed by atoms with Crippen LogP contribution < -0.4 is 14.4 Å².